The monoisotopic (exact) mass is 310 g/mol. The molecule has 94 valence electrons. The van der Waals surface area contributed by atoms with Gasteiger partial charge in [-0.3, -0.25) is 5.43 Å². The van der Waals surface area contributed by atoms with Crippen molar-refractivity contribution in [2.45, 2.75) is 0 Å². The molecule has 0 saturated heterocycles. The first-order valence-corrected chi connectivity index (χ1v) is 5.83. The molecule has 0 unspecified atom stereocenters. The number of nitrogens with one attached hydrogen (secondary N) is 1. The van der Waals surface area contributed by atoms with Crippen LogP contribution in [0.3, 0.4) is 0 Å². The summed E-state index contributed by atoms with van der Waals surface area (Å²) in [5.41, 5.74) is 2.35. The molecule has 0 aliphatic heterocycles. The minimum Gasteiger partial charge on any atom is -0.497 e. The number of rotatable bonds is 4. The molecular weight excluding hydrogens is 300 g/mol. The van der Waals surface area contributed by atoms with Crippen LogP contribution in [0.4, 0.5) is 5.95 Å². The lowest BCUT2D eigenvalue weighted by Gasteiger charge is -2.08. The summed E-state index contributed by atoms with van der Waals surface area (Å²) in [5.74, 6) is 7.26. The number of nitrogens with two attached hydrogens (primary N) is 1. The van der Waals surface area contributed by atoms with Gasteiger partial charge in [-0.05, 0) is 34.1 Å². The summed E-state index contributed by atoms with van der Waals surface area (Å²) >= 11 is 3.39. The summed E-state index contributed by atoms with van der Waals surface area (Å²) < 4.78 is 11.5. The van der Waals surface area contributed by atoms with Crippen molar-refractivity contribution in [1.82, 2.24) is 9.97 Å². The lowest BCUT2D eigenvalue weighted by Crippen LogP contribution is -2.10. The summed E-state index contributed by atoms with van der Waals surface area (Å²) in [5, 5.41) is 0. The third kappa shape index (κ3) is 2.88. The standard InChI is InChI=1S/C11H11BrN4O2/c1-17-7-2-3-9(8(12)6-7)18-10-4-5-14-11(15-10)16-13/h2-6H,13H2,1H3,(H,14,15,16). The molecule has 0 bridgehead atoms. The lowest BCUT2D eigenvalue weighted by molar-refractivity contribution is 0.411. The van der Waals surface area contributed by atoms with Crippen LogP contribution in [0, 0.1) is 0 Å². The molecule has 0 spiro atoms. The van der Waals surface area contributed by atoms with Gasteiger partial charge in [0.15, 0.2) is 0 Å². The molecule has 6 nitrogen and oxygen atoms in total. The van der Waals surface area contributed by atoms with Gasteiger partial charge in [0.1, 0.15) is 11.5 Å². The molecule has 2 aromatic rings. The Labute approximate surface area is 112 Å². The second-order valence-corrected chi connectivity index (χ2v) is 4.12. The van der Waals surface area contributed by atoms with E-state index in [1.807, 2.05) is 0 Å². The molecule has 2 rings (SSSR count). The molecule has 0 aliphatic rings. The van der Waals surface area contributed by atoms with Crippen molar-refractivity contribution >= 4 is 21.9 Å². The Balaban J connectivity index is 2.22. The van der Waals surface area contributed by atoms with E-state index >= 15 is 0 Å². The molecule has 0 atom stereocenters. The van der Waals surface area contributed by atoms with Gasteiger partial charge in [-0.1, -0.05) is 0 Å². The van der Waals surface area contributed by atoms with E-state index in [1.165, 1.54) is 0 Å². The Hall–Kier alpha value is -1.86. The second-order valence-electron chi connectivity index (χ2n) is 3.26. The average Bonchev–Trinajstić information content (AvgIpc) is 2.41. The number of halogens is 1. The third-order valence-corrected chi connectivity index (χ3v) is 2.73. The van der Waals surface area contributed by atoms with Crippen LogP contribution in [0.5, 0.6) is 17.4 Å². The second kappa shape index (κ2) is 5.65. The van der Waals surface area contributed by atoms with Gasteiger partial charge in [0.25, 0.3) is 0 Å². The first-order chi connectivity index (χ1) is 8.72. The zero-order valence-electron chi connectivity index (χ0n) is 9.55. The number of aromatic nitrogens is 2. The van der Waals surface area contributed by atoms with Crippen LogP contribution in [0.15, 0.2) is 34.9 Å². The van der Waals surface area contributed by atoms with E-state index in [1.54, 1.807) is 37.6 Å². The van der Waals surface area contributed by atoms with Crippen LogP contribution >= 0.6 is 15.9 Å². The van der Waals surface area contributed by atoms with Crippen molar-refractivity contribution in [3.63, 3.8) is 0 Å². The quantitative estimate of drug-likeness (QED) is 0.666. The van der Waals surface area contributed by atoms with Crippen molar-refractivity contribution in [1.29, 1.82) is 0 Å². The fraction of sp³-hybridized carbons (Fsp3) is 0.0909. The van der Waals surface area contributed by atoms with Crippen LogP contribution < -0.4 is 20.7 Å². The van der Waals surface area contributed by atoms with Gasteiger partial charge in [-0.25, -0.2) is 10.8 Å². The molecule has 0 amide bonds. The normalized spacial score (nSPS) is 9.94. The van der Waals surface area contributed by atoms with E-state index < -0.39 is 0 Å². The van der Waals surface area contributed by atoms with Gasteiger partial charge in [-0.2, -0.15) is 4.98 Å². The largest absolute Gasteiger partial charge is 0.497 e. The van der Waals surface area contributed by atoms with Crippen molar-refractivity contribution in [3.05, 3.63) is 34.9 Å². The molecule has 18 heavy (non-hydrogen) atoms. The number of hydrazine groups is 1. The summed E-state index contributed by atoms with van der Waals surface area (Å²) in [7, 11) is 1.60. The minimum atomic E-state index is 0.289. The maximum absolute atomic E-state index is 5.60. The van der Waals surface area contributed by atoms with Crippen molar-refractivity contribution in [2.24, 2.45) is 5.84 Å². The number of nitrogens with zero attached hydrogens (tertiary/aromatic N) is 2. The van der Waals surface area contributed by atoms with Gasteiger partial charge in [0, 0.05) is 12.3 Å². The maximum Gasteiger partial charge on any atom is 0.240 e. The molecule has 3 N–H and O–H groups in total. The lowest BCUT2D eigenvalue weighted by atomic mass is 10.3. The van der Waals surface area contributed by atoms with Gasteiger partial charge in [-0.15, -0.1) is 0 Å². The molecule has 0 aliphatic carbocycles. The zero-order valence-corrected chi connectivity index (χ0v) is 11.1. The first kappa shape index (κ1) is 12.6. The number of benzene rings is 1. The van der Waals surface area contributed by atoms with Crippen LogP contribution in [0.25, 0.3) is 0 Å². The number of hydrogen-bond acceptors (Lipinski definition) is 6. The van der Waals surface area contributed by atoms with E-state index in [-0.39, 0.29) is 5.95 Å². The maximum atomic E-state index is 5.60. The summed E-state index contributed by atoms with van der Waals surface area (Å²) in [6.07, 6.45) is 1.55. The van der Waals surface area contributed by atoms with Gasteiger partial charge in [0.05, 0.1) is 11.6 Å². The van der Waals surface area contributed by atoms with Crippen LogP contribution in [-0.2, 0) is 0 Å². The van der Waals surface area contributed by atoms with Crippen LogP contribution in [0.1, 0.15) is 0 Å². The van der Waals surface area contributed by atoms with E-state index in [2.05, 4.69) is 31.3 Å². The Bertz CT molecular complexity index is 550. The molecule has 1 heterocycles. The topological polar surface area (TPSA) is 82.3 Å². The molecule has 0 saturated carbocycles. The van der Waals surface area contributed by atoms with E-state index in [9.17, 15) is 0 Å². The molecule has 0 radical (unpaired) electrons. The highest BCUT2D eigenvalue weighted by atomic mass is 79.9. The number of anilines is 1. The van der Waals surface area contributed by atoms with Crippen LogP contribution in [0.2, 0.25) is 0 Å². The Kier molecular flexibility index (Phi) is 3.96. The highest BCUT2D eigenvalue weighted by Gasteiger charge is 2.06. The molecule has 0 fully saturated rings. The summed E-state index contributed by atoms with van der Waals surface area (Å²) in [4.78, 5) is 7.94. The Morgan fingerprint density at radius 2 is 2.17 bits per heavy atom. The fourth-order valence-corrected chi connectivity index (χ4v) is 1.71. The fourth-order valence-electron chi connectivity index (χ4n) is 1.27. The van der Waals surface area contributed by atoms with E-state index in [0.717, 1.165) is 10.2 Å². The Morgan fingerprint density at radius 1 is 1.33 bits per heavy atom. The van der Waals surface area contributed by atoms with E-state index in [0.29, 0.717) is 11.6 Å². The van der Waals surface area contributed by atoms with Crippen molar-refractivity contribution in [2.75, 3.05) is 12.5 Å². The predicted molar refractivity (Wildman–Crippen MR) is 70.6 cm³/mol. The van der Waals surface area contributed by atoms with Crippen molar-refractivity contribution in [3.8, 4) is 17.4 Å². The third-order valence-electron chi connectivity index (χ3n) is 2.11. The summed E-state index contributed by atoms with van der Waals surface area (Å²) in [6.45, 7) is 0. The smallest absolute Gasteiger partial charge is 0.240 e. The Morgan fingerprint density at radius 3 is 2.83 bits per heavy atom. The van der Waals surface area contributed by atoms with Gasteiger partial charge in [0.2, 0.25) is 11.8 Å². The minimum absolute atomic E-state index is 0.289. The molecular formula is C11H11BrN4O2. The highest BCUT2D eigenvalue weighted by molar-refractivity contribution is 9.10. The first-order valence-electron chi connectivity index (χ1n) is 5.04. The molecule has 1 aromatic heterocycles. The SMILES string of the molecule is COc1ccc(Oc2ccnc(NN)n2)c(Br)c1. The number of nitrogen functional groups attached to an aromatic ring is 1. The number of ether oxygens (including phenoxy) is 2. The van der Waals surface area contributed by atoms with Crippen LogP contribution in [-0.4, -0.2) is 17.1 Å². The average molecular weight is 311 g/mol. The summed E-state index contributed by atoms with van der Waals surface area (Å²) in [6, 6.07) is 7.01. The van der Waals surface area contributed by atoms with Crippen molar-refractivity contribution < 1.29 is 9.47 Å². The van der Waals surface area contributed by atoms with Gasteiger partial charge >= 0.3 is 0 Å². The predicted octanol–water partition coefficient (Wildman–Crippen LogP) is 2.33. The molecule has 1 aromatic carbocycles. The highest BCUT2D eigenvalue weighted by Crippen LogP contribution is 2.32. The number of hydrogen-bond donors (Lipinski definition) is 2. The number of methoxy groups -OCH3 is 1. The van der Waals surface area contributed by atoms with Gasteiger partial charge < -0.3 is 9.47 Å². The zero-order chi connectivity index (χ0) is 13.0. The molecule has 7 heteroatoms. The van der Waals surface area contributed by atoms with E-state index in [4.69, 9.17) is 15.3 Å².